The van der Waals surface area contributed by atoms with Gasteiger partial charge in [-0.05, 0) is 18.1 Å². The first kappa shape index (κ1) is 10.7. The third-order valence-corrected chi connectivity index (χ3v) is 2.57. The van der Waals surface area contributed by atoms with Crippen LogP contribution in [0.25, 0.3) is 11.0 Å². The number of furan rings is 1. The highest BCUT2D eigenvalue weighted by Gasteiger charge is 2.27. The monoisotopic (exact) mass is 219 g/mol. The van der Waals surface area contributed by atoms with E-state index < -0.39 is 11.9 Å². The van der Waals surface area contributed by atoms with Crippen LogP contribution in [0.15, 0.2) is 28.9 Å². The average molecular weight is 219 g/mol. The van der Waals surface area contributed by atoms with Gasteiger partial charge < -0.3 is 9.52 Å². The predicted molar refractivity (Wildman–Crippen MR) is 59.2 cm³/mol. The Balaban J connectivity index is 2.49. The van der Waals surface area contributed by atoms with Gasteiger partial charge in [-0.1, -0.05) is 13.8 Å². The molecule has 0 aromatic carbocycles. The minimum absolute atomic E-state index is 0.00831. The molecular weight excluding hydrogens is 206 g/mol. The Labute approximate surface area is 92.9 Å². The number of rotatable bonds is 3. The maximum absolute atomic E-state index is 11.1. The average Bonchev–Trinajstić information content (AvgIpc) is 2.58. The summed E-state index contributed by atoms with van der Waals surface area (Å²) in [6.45, 7) is 3.73. The summed E-state index contributed by atoms with van der Waals surface area (Å²) in [5, 5.41) is 9.98. The van der Waals surface area contributed by atoms with Crippen LogP contribution >= 0.6 is 0 Å². The van der Waals surface area contributed by atoms with Crippen molar-refractivity contribution < 1.29 is 14.3 Å². The first-order chi connectivity index (χ1) is 7.59. The molecule has 1 atom stereocenters. The Kier molecular flexibility index (Phi) is 2.64. The minimum Gasteiger partial charge on any atom is -0.481 e. The molecule has 0 saturated heterocycles. The summed E-state index contributed by atoms with van der Waals surface area (Å²) < 4.78 is 5.53. The number of hydrogen-bond acceptors (Lipinski definition) is 3. The molecule has 4 heteroatoms. The Bertz CT molecular complexity index is 483. The topological polar surface area (TPSA) is 63.3 Å². The highest BCUT2D eigenvalue weighted by molar-refractivity contribution is 5.81. The molecule has 4 nitrogen and oxygen atoms in total. The molecule has 2 aromatic rings. The van der Waals surface area contributed by atoms with E-state index in [4.69, 9.17) is 9.52 Å². The number of carboxylic acid groups (broad SMARTS) is 1. The van der Waals surface area contributed by atoms with Gasteiger partial charge in [0.1, 0.15) is 17.3 Å². The molecule has 2 aromatic heterocycles. The van der Waals surface area contributed by atoms with Crippen molar-refractivity contribution in [2.75, 3.05) is 0 Å². The summed E-state index contributed by atoms with van der Waals surface area (Å²) in [4.78, 5) is 15.1. The lowest BCUT2D eigenvalue weighted by molar-refractivity contribution is -0.140. The number of aliphatic carboxylic acids is 1. The Morgan fingerprint density at radius 1 is 1.50 bits per heavy atom. The Morgan fingerprint density at radius 3 is 2.81 bits per heavy atom. The molecule has 2 heterocycles. The summed E-state index contributed by atoms with van der Waals surface area (Å²) in [7, 11) is 0. The van der Waals surface area contributed by atoms with E-state index in [9.17, 15) is 4.79 Å². The number of carboxylic acids is 1. The molecule has 0 saturated carbocycles. The number of aromatic nitrogens is 1. The molecule has 1 unspecified atom stereocenters. The maximum Gasteiger partial charge on any atom is 0.314 e. The van der Waals surface area contributed by atoms with Crippen LogP contribution in [-0.2, 0) is 4.79 Å². The lowest BCUT2D eigenvalue weighted by Gasteiger charge is -2.12. The van der Waals surface area contributed by atoms with Crippen LogP contribution < -0.4 is 0 Å². The third kappa shape index (κ3) is 1.78. The van der Waals surface area contributed by atoms with Gasteiger partial charge in [0.15, 0.2) is 0 Å². The zero-order valence-electron chi connectivity index (χ0n) is 9.18. The van der Waals surface area contributed by atoms with Crippen molar-refractivity contribution in [3.63, 3.8) is 0 Å². The van der Waals surface area contributed by atoms with E-state index in [1.165, 1.54) is 0 Å². The quantitative estimate of drug-likeness (QED) is 0.861. The Morgan fingerprint density at radius 2 is 2.25 bits per heavy atom. The zero-order valence-corrected chi connectivity index (χ0v) is 9.18. The largest absolute Gasteiger partial charge is 0.481 e. The van der Waals surface area contributed by atoms with Crippen molar-refractivity contribution in [2.45, 2.75) is 19.8 Å². The minimum atomic E-state index is -0.859. The number of fused-ring (bicyclic) bond motifs is 1. The summed E-state index contributed by atoms with van der Waals surface area (Å²) >= 11 is 0. The van der Waals surface area contributed by atoms with Crippen molar-refractivity contribution in [3.8, 4) is 0 Å². The summed E-state index contributed by atoms with van der Waals surface area (Å²) in [6.07, 6.45) is 3.29. The van der Waals surface area contributed by atoms with Crippen LogP contribution in [0, 0.1) is 5.92 Å². The predicted octanol–water partition coefficient (Wildman–Crippen LogP) is 2.65. The van der Waals surface area contributed by atoms with Gasteiger partial charge in [0.25, 0.3) is 0 Å². The van der Waals surface area contributed by atoms with Gasteiger partial charge in [0.05, 0.1) is 0 Å². The Hall–Kier alpha value is -1.84. The standard InChI is InChI=1S/C12H13NO3/c1-7(2)11(12(14)15)10-5-8-6-13-4-3-9(8)16-10/h3-7,11H,1-2H3,(H,14,15). The molecule has 0 aliphatic carbocycles. The van der Waals surface area contributed by atoms with Gasteiger partial charge in [-0.3, -0.25) is 9.78 Å². The fourth-order valence-electron chi connectivity index (χ4n) is 1.79. The highest BCUT2D eigenvalue weighted by atomic mass is 16.4. The second-order valence-electron chi connectivity index (χ2n) is 4.12. The van der Waals surface area contributed by atoms with E-state index in [1.54, 1.807) is 24.5 Å². The zero-order chi connectivity index (χ0) is 11.7. The number of pyridine rings is 1. The number of carbonyl (C=O) groups is 1. The number of hydrogen-bond donors (Lipinski definition) is 1. The van der Waals surface area contributed by atoms with Gasteiger partial charge in [0.2, 0.25) is 0 Å². The SMILES string of the molecule is CC(C)C(C(=O)O)c1cc2cnccc2o1. The molecule has 0 aliphatic heterocycles. The van der Waals surface area contributed by atoms with E-state index in [0.717, 1.165) is 5.39 Å². The molecule has 0 amide bonds. The summed E-state index contributed by atoms with van der Waals surface area (Å²) in [6, 6.07) is 3.49. The second-order valence-corrected chi connectivity index (χ2v) is 4.12. The molecule has 0 bridgehead atoms. The molecule has 2 rings (SSSR count). The van der Waals surface area contributed by atoms with Crippen molar-refractivity contribution in [2.24, 2.45) is 5.92 Å². The first-order valence-corrected chi connectivity index (χ1v) is 5.16. The van der Waals surface area contributed by atoms with Crippen molar-refractivity contribution >= 4 is 16.9 Å². The normalized spacial score (nSPS) is 13.2. The first-order valence-electron chi connectivity index (χ1n) is 5.16. The summed E-state index contributed by atoms with van der Waals surface area (Å²) in [5.41, 5.74) is 0.678. The molecular formula is C12H13NO3. The molecule has 0 aliphatic rings. The van der Waals surface area contributed by atoms with E-state index >= 15 is 0 Å². The van der Waals surface area contributed by atoms with Crippen LogP contribution in [0.3, 0.4) is 0 Å². The number of nitrogens with zero attached hydrogens (tertiary/aromatic N) is 1. The van der Waals surface area contributed by atoms with Crippen LogP contribution in [0.4, 0.5) is 0 Å². The van der Waals surface area contributed by atoms with Crippen LogP contribution in [-0.4, -0.2) is 16.1 Å². The molecule has 0 spiro atoms. The van der Waals surface area contributed by atoms with Crippen LogP contribution in [0.5, 0.6) is 0 Å². The van der Waals surface area contributed by atoms with E-state index in [-0.39, 0.29) is 5.92 Å². The fourth-order valence-corrected chi connectivity index (χ4v) is 1.79. The van der Waals surface area contributed by atoms with Gasteiger partial charge in [-0.2, -0.15) is 0 Å². The lowest BCUT2D eigenvalue weighted by atomic mass is 9.93. The molecule has 84 valence electrons. The molecule has 16 heavy (non-hydrogen) atoms. The van der Waals surface area contributed by atoms with Gasteiger partial charge >= 0.3 is 5.97 Å². The van der Waals surface area contributed by atoms with Crippen LogP contribution in [0.1, 0.15) is 25.5 Å². The smallest absolute Gasteiger partial charge is 0.314 e. The maximum atomic E-state index is 11.1. The van der Waals surface area contributed by atoms with Gasteiger partial charge in [-0.15, -0.1) is 0 Å². The molecule has 0 fully saturated rings. The van der Waals surface area contributed by atoms with E-state index in [2.05, 4.69) is 4.98 Å². The van der Waals surface area contributed by atoms with Crippen molar-refractivity contribution in [1.82, 2.24) is 4.98 Å². The van der Waals surface area contributed by atoms with Crippen LogP contribution in [0.2, 0.25) is 0 Å². The van der Waals surface area contributed by atoms with E-state index in [0.29, 0.717) is 11.3 Å². The fraction of sp³-hybridized carbons (Fsp3) is 0.333. The van der Waals surface area contributed by atoms with Crippen molar-refractivity contribution in [3.05, 3.63) is 30.3 Å². The summed E-state index contributed by atoms with van der Waals surface area (Å²) in [5.74, 6) is -0.981. The van der Waals surface area contributed by atoms with Crippen molar-refractivity contribution in [1.29, 1.82) is 0 Å². The lowest BCUT2D eigenvalue weighted by Crippen LogP contribution is -2.16. The molecule has 1 N–H and O–H groups in total. The van der Waals surface area contributed by atoms with E-state index in [1.807, 2.05) is 13.8 Å². The highest BCUT2D eigenvalue weighted by Crippen LogP contribution is 2.29. The van der Waals surface area contributed by atoms with Gasteiger partial charge in [-0.25, -0.2) is 0 Å². The second kappa shape index (κ2) is 3.96. The van der Waals surface area contributed by atoms with Gasteiger partial charge in [0, 0.05) is 17.8 Å². The molecule has 0 radical (unpaired) electrons. The third-order valence-electron chi connectivity index (χ3n) is 2.57.